The highest BCUT2D eigenvalue weighted by Crippen LogP contribution is 2.22. The van der Waals surface area contributed by atoms with E-state index in [1.54, 1.807) is 6.20 Å². The number of nitrogens with zero attached hydrogens (tertiary/aromatic N) is 2. The van der Waals surface area contributed by atoms with Gasteiger partial charge in [-0.05, 0) is 45.0 Å². The molecule has 1 aromatic heterocycles. The van der Waals surface area contributed by atoms with Crippen molar-refractivity contribution in [2.75, 3.05) is 31.6 Å². The monoisotopic (exact) mass is 249 g/mol. The normalized spacial score (nSPS) is 20.0. The average Bonchev–Trinajstić information content (AvgIpc) is 2.85. The van der Waals surface area contributed by atoms with E-state index in [0.717, 1.165) is 24.7 Å². The Morgan fingerprint density at radius 1 is 1.50 bits per heavy atom. The molecule has 0 amide bonds. The number of nitrogens with one attached hydrogen (secondary N) is 1. The number of anilines is 1. The van der Waals surface area contributed by atoms with Crippen molar-refractivity contribution in [3.8, 4) is 5.75 Å². The van der Waals surface area contributed by atoms with Gasteiger partial charge in [0.15, 0.2) is 11.6 Å². The van der Waals surface area contributed by atoms with Crippen LogP contribution in [-0.2, 0) is 0 Å². The number of hydrogen-bond donors (Lipinski definition) is 1. The van der Waals surface area contributed by atoms with Gasteiger partial charge in [-0.3, -0.25) is 4.90 Å². The van der Waals surface area contributed by atoms with E-state index in [1.165, 1.54) is 19.4 Å². The molecule has 1 N–H and O–H groups in total. The van der Waals surface area contributed by atoms with Crippen LogP contribution in [0.25, 0.3) is 0 Å². The summed E-state index contributed by atoms with van der Waals surface area (Å²) >= 11 is 0. The summed E-state index contributed by atoms with van der Waals surface area (Å²) in [4.78, 5) is 6.88. The molecule has 1 fully saturated rings. The SMILES string of the molecule is CCOc1cccnc1NCC1CCCN1CC. The molecule has 4 heteroatoms. The molecule has 0 aromatic carbocycles. The molecule has 1 aliphatic rings. The molecule has 1 aromatic rings. The van der Waals surface area contributed by atoms with Crippen LogP contribution in [0, 0.1) is 0 Å². The molecule has 2 heterocycles. The summed E-state index contributed by atoms with van der Waals surface area (Å²) in [6, 6.07) is 4.50. The Morgan fingerprint density at radius 3 is 3.17 bits per heavy atom. The summed E-state index contributed by atoms with van der Waals surface area (Å²) in [6.07, 6.45) is 4.38. The first-order valence-corrected chi connectivity index (χ1v) is 6.90. The molecule has 1 atom stereocenters. The van der Waals surface area contributed by atoms with Crippen LogP contribution in [0.2, 0.25) is 0 Å². The Labute approximate surface area is 109 Å². The minimum atomic E-state index is 0.631. The Hall–Kier alpha value is -1.29. The molecular weight excluding hydrogens is 226 g/mol. The third kappa shape index (κ3) is 3.13. The summed E-state index contributed by atoms with van der Waals surface area (Å²) in [7, 11) is 0. The maximum absolute atomic E-state index is 5.57. The van der Waals surface area contributed by atoms with E-state index >= 15 is 0 Å². The van der Waals surface area contributed by atoms with E-state index in [9.17, 15) is 0 Å². The van der Waals surface area contributed by atoms with Crippen molar-refractivity contribution < 1.29 is 4.74 Å². The van der Waals surface area contributed by atoms with Gasteiger partial charge in [0.2, 0.25) is 0 Å². The molecule has 100 valence electrons. The molecule has 1 saturated heterocycles. The highest BCUT2D eigenvalue weighted by Gasteiger charge is 2.22. The molecule has 1 aliphatic heterocycles. The number of likely N-dealkylation sites (N-methyl/N-ethyl adjacent to an activating group) is 1. The first-order chi connectivity index (χ1) is 8.85. The number of rotatable bonds is 6. The highest BCUT2D eigenvalue weighted by atomic mass is 16.5. The molecule has 18 heavy (non-hydrogen) atoms. The number of likely N-dealkylation sites (tertiary alicyclic amines) is 1. The summed E-state index contributed by atoms with van der Waals surface area (Å²) in [5.41, 5.74) is 0. The Morgan fingerprint density at radius 2 is 2.39 bits per heavy atom. The lowest BCUT2D eigenvalue weighted by Crippen LogP contribution is -2.34. The Balaban J connectivity index is 1.93. The van der Waals surface area contributed by atoms with Crippen molar-refractivity contribution in [1.29, 1.82) is 0 Å². The van der Waals surface area contributed by atoms with Crippen LogP contribution in [-0.4, -0.2) is 42.2 Å². The van der Waals surface area contributed by atoms with E-state index in [-0.39, 0.29) is 0 Å². The molecule has 1 unspecified atom stereocenters. The van der Waals surface area contributed by atoms with Gasteiger partial charge in [0, 0.05) is 18.8 Å². The van der Waals surface area contributed by atoms with Gasteiger partial charge in [0.25, 0.3) is 0 Å². The molecule has 0 bridgehead atoms. The van der Waals surface area contributed by atoms with Gasteiger partial charge in [0.05, 0.1) is 6.61 Å². The lowest BCUT2D eigenvalue weighted by atomic mass is 10.2. The van der Waals surface area contributed by atoms with Gasteiger partial charge in [-0.2, -0.15) is 0 Å². The quantitative estimate of drug-likeness (QED) is 0.840. The number of ether oxygens (including phenoxy) is 1. The van der Waals surface area contributed by atoms with Crippen LogP contribution >= 0.6 is 0 Å². The fourth-order valence-corrected chi connectivity index (χ4v) is 2.55. The lowest BCUT2D eigenvalue weighted by molar-refractivity contribution is 0.276. The minimum absolute atomic E-state index is 0.631. The molecule has 4 nitrogen and oxygen atoms in total. The zero-order valence-electron chi connectivity index (χ0n) is 11.4. The standard InChI is InChI=1S/C14H23N3O/c1-3-17-10-6-7-12(17)11-16-14-13(18-4-2)8-5-9-15-14/h5,8-9,12H,3-4,6-7,10-11H2,1-2H3,(H,15,16). The summed E-state index contributed by atoms with van der Waals surface area (Å²) < 4.78 is 5.57. The molecule has 0 aliphatic carbocycles. The molecule has 0 spiro atoms. The third-order valence-electron chi connectivity index (χ3n) is 3.48. The second-order valence-electron chi connectivity index (χ2n) is 4.59. The summed E-state index contributed by atoms with van der Waals surface area (Å²) in [5, 5.41) is 3.43. The first kappa shape index (κ1) is 13.1. The van der Waals surface area contributed by atoms with Crippen molar-refractivity contribution in [1.82, 2.24) is 9.88 Å². The first-order valence-electron chi connectivity index (χ1n) is 6.90. The van der Waals surface area contributed by atoms with Crippen molar-refractivity contribution in [3.05, 3.63) is 18.3 Å². The molecular formula is C14H23N3O. The van der Waals surface area contributed by atoms with Gasteiger partial charge in [0.1, 0.15) is 0 Å². The van der Waals surface area contributed by atoms with Crippen LogP contribution in [0.15, 0.2) is 18.3 Å². The van der Waals surface area contributed by atoms with Gasteiger partial charge >= 0.3 is 0 Å². The van der Waals surface area contributed by atoms with E-state index in [4.69, 9.17) is 4.74 Å². The van der Waals surface area contributed by atoms with E-state index < -0.39 is 0 Å². The Kier molecular flexibility index (Phi) is 4.81. The average molecular weight is 249 g/mol. The van der Waals surface area contributed by atoms with Gasteiger partial charge < -0.3 is 10.1 Å². The number of hydrogen-bond acceptors (Lipinski definition) is 4. The zero-order chi connectivity index (χ0) is 12.8. The second kappa shape index (κ2) is 6.59. The van der Waals surface area contributed by atoms with Crippen molar-refractivity contribution in [3.63, 3.8) is 0 Å². The maximum atomic E-state index is 5.57. The largest absolute Gasteiger partial charge is 0.490 e. The molecule has 0 saturated carbocycles. The van der Waals surface area contributed by atoms with Crippen LogP contribution in [0.3, 0.4) is 0 Å². The molecule has 0 radical (unpaired) electrons. The number of pyridine rings is 1. The van der Waals surface area contributed by atoms with Gasteiger partial charge in [-0.1, -0.05) is 6.92 Å². The number of aromatic nitrogens is 1. The fraction of sp³-hybridized carbons (Fsp3) is 0.643. The van der Waals surface area contributed by atoms with Gasteiger partial charge in [-0.25, -0.2) is 4.98 Å². The summed E-state index contributed by atoms with van der Waals surface area (Å²) in [6.45, 7) is 8.20. The van der Waals surface area contributed by atoms with Crippen molar-refractivity contribution in [2.45, 2.75) is 32.7 Å². The minimum Gasteiger partial charge on any atom is -0.490 e. The van der Waals surface area contributed by atoms with Crippen LogP contribution < -0.4 is 10.1 Å². The van der Waals surface area contributed by atoms with Crippen LogP contribution in [0.1, 0.15) is 26.7 Å². The lowest BCUT2D eigenvalue weighted by Gasteiger charge is -2.23. The predicted molar refractivity (Wildman–Crippen MR) is 74.2 cm³/mol. The second-order valence-corrected chi connectivity index (χ2v) is 4.59. The van der Waals surface area contributed by atoms with Crippen LogP contribution in [0.4, 0.5) is 5.82 Å². The van der Waals surface area contributed by atoms with E-state index in [2.05, 4.69) is 22.1 Å². The summed E-state index contributed by atoms with van der Waals surface area (Å²) in [5.74, 6) is 1.71. The van der Waals surface area contributed by atoms with Crippen molar-refractivity contribution in [2.24, 2.45) is 0 Å². The van der Waals surface area contributed by atoms with Crippen molar-refractivity contribution >= 4 is 5.82 Å². The smallest absolute Gasteiger partial charge is 0.168 e. The predicted octanol–water partition coefficient (Wildman–Crippen LogP) is 2.38. The Bertz CT molecular complexity index is 370. The third-order valence-corrected chi connectivity index (χ3v) is 3.48. The maximum Gasteiger partial charge on any atom is 0.168 e. The van der Waals surface area contributed by atoms with Crippen LogP contribution in [0.5, 0.6) is 5.75 Å². The van der Waals surface area contributed by atoms with Gasteiger partial charge in [-0.15, -0.1) is 0 Å². The fourth-order valence-electron chi connectivity index (χ4n) is 2.55. The zero-order valence-corrected chi connectivity index (χ0v) is 11.4. The topological polar surface area (TPSA) is 37.4 Å². The van der Waals surface area contributed by atoms with E-state index in [0.29, 0.717) is 12.6 Å². The highest BCUT2D eigenvalue weighted by molar-refractivity contribution is 5.49. The molecule has 2 rings (SSSR count). The van der Waals surface area contributed by atoms with E-state index in [1.807, 2.05) is 19.1 Å².